The highest BCUT2D eigenvalue weighted by Gasteiger charge is 2.29. The molecule has 0 amide bonds. The average Bonchev–Trinajstić information content (AvgIpc) is 2.96. The molecule has 5 nitrogen and oxygen atoms in total. The van der Waals surface area contributed by atoms with E-state index >= 15 is 0 Å². The van der Waals surface area contributed by atoms with Gasteiger partial charge in [0, 0.05) is 24.2 Å². The molecule has 1 fully saturated rings. The summed E-state index contributed by atoms with van der Waals surface area (Å²) in [6.45, 7) is 4.25. The maximum absolute atomic E-state index is 13.2. The Balaban J connectivity index is 0.00000121. The minimum absolute atomic E-state index is 0. The van der Waals surface area contributed by atoms with E-state index in [1.807, 2.05) is 24.5 Å². The third-order valence-corrected chi connectivity index (χ3v) is 4.93. The lowest BCUT2D eigenvalue weighted by Crippen LogP contribution is -2.38. The van der Waals surface area contributed by atoms with Crippen LogP contribution in [0.15, 0.2) is 36.7 Å². The van der Waals surface area contributed by atoms with Crippen molar-refractivity contribution in [2.45, 2.75) is 44.7 Å². The highest BCUT2D eigenvalue weighted by atomic mass is 35.5. The first kappa shape index (κ1) is 20.3. The molecule has 1 aromatic carbocycles. The molecule has 0 aromatic heterocycles. The lowest BCUT2D eigenvalue weighted by molar-refractivity contribution is 0.299. The molecular formula is C19H24ClFN4O. The summed E-state index contributed by atoms with van der Waals surface area (Å²) in [5, 5.41) is 3.62. The second-order valence-electron chi connectivity index (χ2n) is 6.81. The minimum atomic E-state index is -0.196. The Morgan fingerprint density at radius 1 is 1.08 bits per heavy atom. The number of hydrogen-bond donors (Lipinski definition) is 2. The number of hydrogen-bond acceptors (Lipinski definition) is 3. The number of H-pyrrole nitrogens is 1. The molecule has 26 heavy (non-hydrogen) atoms. The normalized spacial score (nSPS) is 22.5. The molecule has 3 aliphatic heterocycles. The van der Waals surface area contributed by atoms with Crippen LogP contribution in [0, 0.1) is 12.7 Å². The van der Waals surface area contributed by atoms with Crippen LogP contribution in [-0.4, -0.2) is 26.5 Å². The lowest BCUT2D eigenvalue weighted by atomic mass is 9.85. The van der Waals surface area contributed by atoms with Crippen LogP contribution in [0.3, 0.4) is 0 Å². The van der Waals surface area contributed by atoms with E-state index in [1.165, 1.54) is 12.1 Å². The Kier molecular flexibility index (Phi) is 6.34. The molecular weight excluding hydrogens is 355 g/mol. The van der Waals surface area contributed by atoms with E-state index in [-0.39, 0.29) is 29.7 Å². The van der Waals surface area contributed by atoms with Crippen molar-refractivity contribution < 1.29 is 9.87 Å². The number of rotatable bonds is 2. The zero-order valence-electron chi connectivity index (χ0n) is 14.8. The molecule has 1 saturated heterocycles. The van der Waals surface area contributed by atoms with E-state index in [2.05, 4.69) is 34.1 Å². The molecule has 0 spiro atoms. The molecule has 3 heterocycles. The number of aromatic nitrogens is 3. The number of benzene rings is 1. The summed E-state index contributed by atoms with van der Waals surface area (Å²) in [6, 6.07) is 7.38. The number of aromatic amines is 1. The fourth-order valence-corrected chi connectivity index (χ4v) is 3.69. The van der Waals surface area contributed by atoms with Crippen LogP contribution in [0.2, 0.25) is 0 Å². The highest BCUT2D eigenvalue weighted by Crippen LogP contribution is 2.36. The molecule has 3 unspecified atom stereocenters. The molecule has 1 aromatic rings. The van der Waals surface area contributed by atoms with Crippen molar-refractivity contribution in [2.24, 2.45) is 0 Å². The van der Waals surface area contributed by atoms with Crippen LogP contribution in [0.4, 0.5) is 4.39 Å². The zero-order chi connectivity index (χ0) is 16.7. The van der Waals surface area contributed by atoms with Crippen molar-refractivity contribution in [3.8, 4) is 11.4 Å². The Bertz CT molecular complexity index is 823. The van der Waals surface area contributed by atoms with Gasteiger partial charge in [-0.25, -0.2) is 9.37 Å². The maximum Gasteiger partial charge on any atom is 0.123 e. The van der Waals surface area contributed by atoms with Crippen LogP contribution in [0.5, 0.6) is 0 Å². The van der Waals surface area contributed by atoms with Crippen molar-refractivity contribution in [3.63, 3.8) is 0 Å². The number of fused-ring (bicyclic) bond motifs is 1. The van der Waals surface area contributed by atoms with Crippen molar-refractivity contribution >= 4 is 12.4 Å². The Morgan fingerprint density at radius 2 is 1.81 bits per heavy atom. The fraction of sp³-hybridized carbons (Fsp3) is 0.368. The molecule has 0 radical (unpaired) electrons. The van der Waals surface area contributed by atoms with Crippen molar-refractivity contribution in [1.29, 1.82) is 0 Å². The molecule has 3 atom stereocenters. The second-order valence-corrected chi connectivity index (χ2v) is 6.81. The molecule has 0 saturated carbocycles. The molecule has 0 aliphatic carbocycles. The van der Waals surface area contributed by atoms with Crippen LogP contribution < -0.4 is 5.32 Å². The van der Waals surface area contributed by atoms with Gasteiger partial charge >= 0.3 is 0 Å². The first-order chi connectivity index (χ1) is 11.6. The van der Waals surface area contributed by atoms with E-state index in [0.29, 0.717) is 12.0 Å². The quantitative estimate of drug-likeness (QED) is 0.715. The first-order valence-electron chi connectivity index (χ1n) is 8.42. The SMILES string of the molecule is Cc1cnc2cnc(C3CC(C)NC(c4ccc(F)cc4)C3)[nH]c1-2.Cl.O. The van der Waals surface area contributed by atoms with E-state index in [4.69, 9.17) is 0 Å². The average molecular weight is 379 g/mol. The molecule has 0 bridgehead atoms. The maximum atomic E-state index is 13.2. The predicted molar refractivity (Wildman–Crippen MR) is 102 cm³/mol. The summed E-state index contributed by atoms with van der Waals surface area (Å²) in [4.78, 5) is 12.4. The van der Waals surface area contributed by atoms with Crippen LogP contribution in [0.25, 0.3) is 11.4 Å². The smallest absolute Gasteiger partial charge is 0.123 e. The van der Waals surface area contributed by atoms with Gasteiger partial charge < -0.3 is 15.8 Å². The van der Waals surface area contributed by atoms with Crippen molar-refractivity contribution in [2.75, 3.05) is 0 Å². The van der Waals surface area contributed by atoms with E-state index < -0.39 is 0 Å². The topological polar surface area (TPSA) is 85.1 Å². The van der Waals surface area contributed by atoms with Crippen LogP contribution in [0.1, 0.15) is 48.7 Å². The van der Waals surface area contributed by atoms with Crippen LogP contribution in [-0.2, 0) is 0 Å². The van der Waals surface area contributed by atoms with Gasteiger partial charge in [0.05, 0.1) is 11.9 Å². The predicted octanol–water partition coefficient (Wildman–Crippen LogP) is 3.55. The van der Waals surface area contributed by atoms with Gasteiger partial charge in [0.2, 0.25) is 0 Å². The van der Waals surface area contributed by atoms with Gasteiger partial charge in [-0.3, -0.25) is 4.98 Å². The Labute approximate surface area is 158 Å². The minimum Gasteiger partial charge on any atom is -0.412 e. The molecule has 7 heteroatoms. The largest absolute Gasteiger partial charge is 0.412 e. The summed E-state index contributed by atoms with van der Waals surface area (Å²) in [7, 11) is 0. The van der Waals surface area contributed by atoms with Crippen LogP contribution >= 0.6 is 12.4 Å². The van der Waals surface area contributed by atoms with E-state index in [1.54, 1.807) is 0 Å². The van der Waals surface area contributed by atoms with Gasteiger partial charge in [-0.15, -0.1) is 12.4 Å². The van der Waals surface area contributed by atoms with E-state index in [0.717, 1.165) is 41.2 Å². The summed E-state index contributed by atoms with van der Waals surface area (Å²) >= 11 is 0. The molecule has 3 aliphatic rings. The van der Waals surface area contributed by atoms with Crippen molar-refractivity contribution in [3.05, 3.63) is 59.4 Å². The molecule has 4 rings (SSSR count). The van der Waals surface area contributed by atoms with Crippen molar-refractivity contribution in [1.82, 2.24) is 20.3 Å². The summed E-state index contributed by atoms with van der Waals surface area (Å²) in [5.41, 5.74) is 4.25. The molecule has 4 N–H and O–H groups in total. The third kappa shape index (κ3) is 3.87. The number of nitrogens with one attached hydrogen (secondary N) is 2. The monoisotopic (exact) mass is 378 g/mol. The Hall–Kier alpha value is -2.02. The van der Waals surface area contributed by atoms with Gasteiger partial charge in [0.15, 0.2) is 0 Å². The number of piperidine rings is 1. The lowest BCUT2D eigenvalue weighted by Gasteiger charge is -2.34. The van der Waals surface area contributed by atoms with Gasteiger partial charge in [-0.05, 0) is 49.9 Å². The number of halogens is 2. The van der Waals surface area contributed by atoms with Gasteiger partial charge in [-0.1, -0.05) is 12.1 Å². The van der Waals surface area contributed by atoms with Gasteiger partial charge in [0.25, 0.3) is 0 Å². The highest BCUT2D eigenvalue weighted by molar-refractivity contribution is 5.85. The zero-order valence-corrected chi connectivity index (χ0v) is 15.6. The fourth-order valence-electron chi connectivity index (χ4n) is 3.69. The first-order valence-corrected chi connectivity index (χ1v) is 8.42. The standard InChI is InChI=1S/C19H21FN4.ClH.H2O/c1-11-9-21-17-10-22-19(24-18(11)17)14-7-12(2)23-16(8-14)13-3-5-15(20)6-4-13;;/h3-6,9-10,12,14,16,23H,7-8H2,1-2H3,(H,22,24);1H;1H2. The number of nitrogens with zero attached hydrogens (tertiary/aromatic N) is 2. The van der Waals surface area contributed by atoms with Gasteiger partial charge in [-0.2, -0.15) is 0 Å². The Morgan fingerprint density at radius 3 is 2.54 bits per heavy atom. The third-order valence-electron chi connectivity index (χ3n) is 4.93. The summed E-state index contributed by atoms with van der Waals surface area (Å²) in [6.07, 6.45) is 5.70. The summed E-state index contributed by atoms with van der Waals surface area (Å²) in [5.74, 6) is 1.16. The van der Waals surface area contributed by atoms with E-state index in [9.17, 15) is 4.39 Å². The second kappa shape index (κ2) is 8.12. The molecule has 140 valence electrons. The van der Waals surface area contributed by atoms with Gasteiger partial charge in [0.1, 0.15) is 17.3 Å². The summed E-state index contributed by atoms with van der Waals surface area (Å²) < 4.78 is 13.2. The number of aryl methyl sites for hydroxylation is 1.